The molecular formula is C13H14FNO3. The third-order valence-corrected chi connectivity index (χ3v) is 2.82. The lowest BCUT2D eigenvalue weighted by molar-refractivity contribution is -0.122. The quantitative estimate of drug-likeness (QED) is 0.835. The Morgan fingerprint density at radius 1 is 1.56 bits per heavy atom. The minimum absolute atomic E-state index is 0.0808. The summed E-state index contributed by atoms with van der Waals surface area (Å²) < 4.78 is 19.0. The van der Waals surface area contributed by atoms with Crippen LogP contribution in [-0.4, -0.2) is 31.3 Å². The molecule has 0 unspecified atom stereocenters. The lowest BCUT2D eigenvalue weighted by atomic mass is 10.1. The Bertz CT molecular complexity index is 511. The van der Waals surface area contributed by atoms with Gasteiger partial charge in [-0.15, -0.1) is 0 Å². The average Bonchev–Trinajstić information content (AvgIpc) is 2.79. The molecule has 0 radical (unpaired) electrons. The van der Waals surface area contributed by atoms with E-state index in [0.717, 1.165) is 5.57 Å². The van der Waals surface area contributed by atoms with Gasteiger partial charge in [0.2, 0.25) is 0 Å². The van der Waals surface area contributed by atoms with Gasteiger partial charge in [0.25, 0.3) is 5.91 Å². The number of likely N-dealkylation sites (N-methyl/N-ethyl adjacent to an activating group) is 1. The zero-order valence-corrected chi connectivity index (χ0v) is 10.00. The molecule has 1 aromatic carbocycles. The molecule has 2 rings (SSSR count). The van der Waals surface area contributed by atoms with E-state index in [2.05, 4.69) is 5.32 Å². The number of ether oxygens (including phenoxy) is 1. The molecule has 0 fully saturated rings. The number of aliphatic hydroxyl groups excluding tert-OH is 1. The SMILES string of the molecule is CNC(=O)COc1cc(F)c2c(c1)C=C(CO)C2. The number of hydrogen-bond acceptors (Lipinski definition) is 3. The Balaban J connectivity index is 2.17. The Kier molecular flexibility index (Phi) is 3.62. The molecule has 2 N–H and O–H groups in total. The molecule has 1 aliphatic carbocycles. The summed E-state index contributed by atoms with van der Waals surface area (Å²) in [6, 6.07) is 2.93. The van der Waals surface area contributed by atoms with Crippen LogP contribution in [0.1, 0.15) is 11.1 Å². The van der Waals surface area contributed by atoms with Gasteiger partial charge in [0.15, 0.2) is 6.61 Å². The number of amides is 1. The van der Waals surface area contributed by atoms with Gasteiger partial charge in [-0.3, -0.25) is 4.79 Å². The molecular weight excluding hydrogens is 237 g/mol. The van der Waals surface area contributed by atoms with Gasteiger partial charge in [0.05, 0.1) is 6.61 Å². The van der Waals surface area contributed by atoms with Crippen LogP contribution in [0, 0.1) is 5.82 Å². The third-order valence-electron chi connectivity index (χ3n) is 2.82. The highest BCUT2D eigenvalue weighted by molar-refractivity contribution is 5.77. The molecule has 0 aliphatic heterocycles. The summed E-state index contributed by atoms with van der Waals surface area (Å²) in [6.07, 6.45) is 2.17. The molecule has 0 atom stereocenters. The van der Waals surface area contributed by atoms with E-state index in [1.54, 1.807) is 12.1 Å². The molecule has 96 valence electrons. The maximum absolute atomic E-state index is 13.8. The van der Waals surface area contributed by atoms with Crippen molar-refractivity contribution in [2.45, 2.75) is 6.42 Å². The first-order chi connectivity index (χ1) is 8.63. The standard InChI is InChI=1S/C13H14FNO3/c1-15-13(17)7-18-10-4-9-2-8(6-16)3-11(9)12(14)5-10/h2,4-5,16H,3,6-7H2,1H3,(H,15,17). The van der Waals surface area contributed by atoms with Crippen LogP contribution in [0.4, 0.5) is 4.39 Å². The average molecular weight is 251 g/mol. The summed E-state index contributed by atoms with van der Waals surface area (Å²) >= 11 is 0. The second kappa shape index (κ2) is 5.18. The normalized spacial score (nSPS) is 12.9. The maximum Gasteiger partial charge on any atom is 0.257 e. The number of carbonyl (C=O) groups is 1. The number of aliphatic hydroxyl groups is 1. The van der Waals surface area contributed by atoms with Crippen LogP contribution >= 0.6 is 0 Å². The van der Waals surface area contributed by atoms with Gasteiger partial charge in [0.1, 0.15) is 11.6 Å². The number of carbonyl (C=O) groups excluding carboxylic acids is 1. The van der Waals surface area contributed by atoms with Crippen molar-refractivity contribution in [3.8, 4) is 5.75 Å². The summed E-state index contributed by atoms with van der Waals surface area (Å²) in [5.41, 5.74) is 2.03. The van der Waals surface area contributed by atoms with Gasteiger partial charge >= 0.3 is 0 Å². The van der Waals surface area contributed by atoms with E-state index < -0.39 is 0 Å². The highest BCUT2D eigenvalue weighted by atomic mass is 19.1. The zero-order valence-electron chi connectivity index (χ0n) is 10.00. The van der Waals surface area contributed by atoms with E-state index >= 15 is 0 Å². The lowest BCUT2D eigenvalue weighted by Crippen LogP contribution is -2.24. The van der Waals surface area contributed by atoms with Crippen molar-refractivity contribution in [1.29, 1.82) is 0 Å². The molecule has 0 heterocycles. The number of hydrogen-bond donors (Lipinski definition) is 2. The number of fused-ring (bicyclic) bond motifs is 1. The van der Waals surface area contributed by atoms with Crippen molar-refractivity contribution in [3.63, 3.8) is 0 Å². The van der Waals surface area contributed by atoms with Crippen molar-refractivity contribution < 1.29 is 19.0 Å². The van der Waals surface area contributed by atoms with Crippen molar-refractivity contribution in [2.24, 2.45) is 0 Å². The van der Waals surface area contributed by atoms with E-state index in [1.807, 2.05) is 0 Å². The van der Waals surface area contributed by atoms with Crippen LogP contribution in [0.15, 0.2) is 17.7 Å². The molecule has 0 saturated heterocycles. The van der Waals surface area contributed by atoms with Gasteiger partial charge < -0.3 is 15.2 Å². The van der Waals surface area contributed by atoms with Crippen molar-refractivity contribution in [2.75, 3.05) is 20.3 Å². The van der Waals surface area contributed by atoms with E-state index in [9.17, 15) is 9.18 Å². The molecule has 18 heavy (non-hydrogen) atoms. The molecule has 1 aromatic rings. The summed E-state index contributed by atoms with van der Waals surface area (Å²) in [4.78, 5) is 11.0. The second-order valence-electron chi connectivity index (χ2n) is 4.07. The minimum atomic E-state index is -0.376. The smallest absolute Gasteiger partial charge is 0.257 e. The molecule has 1 amide bonds. The fraction of sp³-hybridized carbons (Fsp3) is 0.308. The second-order valence-corrected chi connectivity index (χ2v) is 4.07. The summed E-state index contributed by atoms with van der Waals surface area (Å²) in [6.45, 7) is -0.228. The zero-order chi connectivity index (χ0) is 13.1. The molecule has 4 nitrogen and oxygen atoms in total. The van der Waals surface area contributed by atoms with Crippen molar-refractivity contribution >= 4 is 12.0 Å². The van der Waals surface area contributed by atoms with Crippen LogP contribution in [0.5, 0.6) is 5.75 Å². The van der Waals surface area contributed by atoms with E-state index in [4.69, 9.17) is 9.84 Å². The third kappa shape index (κ3) is 2.51. The van der Waals surface area contributed by atoms with Gasteiger partial charge in [-0.2, -0.15) is 0 Å². The van der Waals surface area contributed by atoms with E-state index in [1.165, 1.54) is 13.1 Å². The Morgan fingerprint density at radius 2 is 2.33 bits per heavy atom. The van der Waals surface area contributed by atoms with Crippen molar-refractivity contribution in [3.05, 3.63) is 34.6 Å². The van der Waals surface area contributed by atoms with Gasteiger partial charge in [0, 0.05) is 13.1 Å². The molecule has 0 aromatic heterocycles. The predicted octanol–water partition coefficient (Wildman–Crippen LogP) is 0.882. The number of halogens is 1. The highest BCUT2D eigenvalue weighted by Crippen LogP contribution is 2.30. The first kappa shape index (κ1) is 12.6. The minimum Gasteiger partial charge on any atom is -0.484 e. The number of benzene rings is 1. The van der Waals surface area contributed by atoms with Crippen LogP contribution in [0.2, 0.25) is 0 Å². The highest BCUT2D eigenvalue weighted by Gasteiger charge is 2.18. The maximum atomic E-state index is 13.8. The molecule has 0 saturated carbocycles. The fourth-order valence-corrected chi connectivity index (χ4v) is 1.85. The topological polar surface area (TPSA) is 58.6 Å². The van der Waals surface area contributed by atoms with E-state index in [0.29, 0.717) is 23.3 Å². The number of rotatable bonds is 4. The molecule has 1 aliphatic rings. The Labute approximate surface area is 104 Å². The summed E-state index contributed by atoms with van der Waals surface area (Å²) in [5, 5.41) is 11.4. The molecule has 0 bridgehead atoms. The van der Waals surface area contributed by atoms with E-state index in [-0.39, 0.29) is 24.9 Å². The molecule has 5 heteroatoms. The lowest BCUT2D eigenvalue weighted by Gasteiger charge is -2.08. The predicted molar refractivity (Wildman–Crippen MR) is 64.7 cm³/mol. The van der Waals surface area contributed by atoms with Gasteiger partial charge in [-0.05, 0) is 29.2 Å². The summed E-state index contributed by atoms with van der Waals surface area (Å²) in [7, 11) is 1.51. The monoisotopic (exact) mass is 251 g/mol. The van der Waals surface area contributed by atoms with Gasteiger partial charge in [-0.1, -0.05) is 6.08 Å². The summed E-state index contributed by atoms with van der Waals surface area (Å²) in [5.74, 6) is -0.341. The number of nitrogens with one attached hydrogen (secondary N) is 1. The largest absolute Gasteiger partial charge is 0.484 e. The van der Waals surface area contributed by atoms with Crippen LogP contribution in [-0.2, 0) is 11.2 Å². The Hall–Kier alpha value is -1.88. The Morgan fingerprint density at radius 3 is 3.00 bits per heavy atom. The first-order valence-electron chi connectivity index (χ1n) is 5.60. The van der Waals surface area contributed by atoms with Crippen LogP contribution < -0.4 is 10.1 Å². The van der Waals surface area contributed by atoms with Crippen LogP contribution in [0.25, 0.3) is 6.08 Å². The molecule has 0 spiro atoms. The van der Waals surface area contributed by atoms with Crippen molar-refractivity contribution in [1.82, 2.24) is 5.32 Å². The van der Waals surface area contributed by atoms with Gasteiger partial charge in [-0.25, -0.2) is 4.39 Å². The fourth-order valence-electron chi connectivity index (χ4n) is 1.85. The van der Waals surface area contributed by atoms with Crippen LogP contribution in [0.3, 0.4) is 0 Å². The first-order valence-corrected chi connectivity index (χ1v) is 5.60.